The summed E-state index contributed by atoms with van der Waals surface area (Å²) in [6, 6.07) is 9.54. The quantitative estimate of drug-likeness (QED) is 0.798. The van der Waals surface area contributed by atoms with Crippen molar-refractivity contribution in [3.63, 3.8) is 0 Å². The minimum Gasteiger partial charge on any atom is -0.379 e. The lowest BCUT2D eigenvalue weighted by Crippen LogP contribution is -2.44. The zero-order valence-electron chi connectivity index (χ0n) is 12.5. The van der Waals surface area contributed by atoms with Crippen LogP contribution in [-0.2, 0) is 16.2 Å². The molecule has 116 valence electrons. The van der Waals surface area contributed by atoms with Crippen LogP contribution >= 0.6 is 0 Å². The van der Waals surface area contributed by atoms with Crippen LogP contribution in [0.15, 0.2) is 30.3 Å². The average Bonchev–Trinajstić information content (AvgIpc) is 2.54. The first kappa shape index (κ1) is 15.8. The molecular weight excluding hydrogens is 270 g/mol. The van der Waals surface area contributed by atoms with Crippen molar-refractivity contribution in [3.8, 4) is 0 Å². The second kappa shape index (κ2) is 8.61. The summed E-state index contributed by atoms with van der Waals surface area (Å²) in [6.07, 6.45) is 0. The van der Waals surface area contributed by atoms with Gasteiger partial charge in [0.1, 0.15) is 6.61 Å². The van der Waals surface area contributed by atoms with Crippen LogP contribution in [0.2, 0.25) is 0 Å². The van der Waals surface area contributed by atoms with Gasteiger partial charge in [-0.05, 0) is 5.56 Å². The number of hydrogen-bond acceptors (Lipinski definition) is 4. The number of hydroxylamine groups is 2. The number of rotatable bonds is 6. The molecule has 0 aliphatic carbocycles. The van der Waals surface area contributed by atoms with Gasteiger partial charge >= 0.3 is 6.03 Å². The SMILES string of the molecule is CN(OCc1ccccc1)C(=O)NCCN1CCOCC1. The van der Waals surface area contributed by atoms with E-state index < -0.39 is 0 Å². The largest absolute Gasteiger partial charge is 0.379 e. The maximum atomic E-state index is 11.9. The third kappa shape index (κ3) is 5.71. The molecular formula is C15H23N3O3. The maximum Gasteiger partial charge on any atom is 0.341 e. The molecule has 0 spiro atoms. The molecule has 1 aliphatic heterocycles. The average molecular weight is 293 g/mol. The van der Waals surface area contributed by atoms with Crippen LogP contribution in [-0.4, -0.2) is 62.4 Å². The van der Waals surface area contributed by atoms with Crippen molar-refractivity contribution in [2.24, 2.45) is 0 Å². The molecule has 2 amide bonds. The number of urea groups is 1. The van der Waals surface area contributed by atoms with E-state index in [1.165, 1.54) is 5.06 Å². The fraction of sp³-hybridized carbons (Fsp3) is 0.533. The third-order valence-electron chi connectivity index (χ3n) is 3.36. The van der Waals surface area contributed by atoms with Gasteiger partial charge in [-0.3, -0.25) is 9.74 Å². The van der Waals surface area contributed by atoms with E-state index in [2.05, 4.69) is 10.2 Å². The highest BCUT2D eigenvalue weighted by atomic mass is 16.7. The van der Waals surface area contributed by atoms with Crippen molar-refractivity contribution in [3.05, 3.63) is 35.9 Å². The van der Waals surface area contributed by atoms with E-state index >= 15 is 0 Å². The lowest BCUT2D eigenvalue weighted by atomic mass is 10.2. The minimum absolute atomic E-state index is 0.223. The first-order valence-electron chi connectivity index (χ1n) is 7.24. The summed E-state index contributed by atoms with van der Waals surface area (Å²) >= 11 is 0. The van der Waals surface area contributed by atoms with Crippen LogP contribution in [0.25, 0.3) is 0 Å². The number of hydrogen-bond donors (Lipinski definition) is 1. The Labute approximate surface area is 125 Å². The Hall–Kier alpha value is -1.63. The van der Waals surface area contributed by atoms with E-state index in [1.807, 2.05) is 30.3 Å². The van der Waals surface area contributed by atoms with Crippen LogP contribution in [0.3, 0.4) is 0 Å². The molecule has 1 aliphatic rings. The second-order valence-electron chi connectivity index (χ2n) is 4.94. The fourth-order valence-electron chi connectivity index (χ4n) is 2.06. The molecule has 0 radical (unpaired) electrons. The number of amides is 2. The van der Waals surface area contributed by atoms with Gasteiger partial charge in [-0.25, -0.2) is 9.86 Å². The summed E-state index contributed by atoms with van der Waals surface area (Å²) in [5.41, 5.74) is 1.03. The van der Waals surface area contributed by atoms with E-state index in [1.54, 1.807) is 7.05 Å². The number of carbonyl (C=O) groups excluding carboxylic acids is 1. The van der Waals surface area contributed by atoms with E-state index in [4.69, 9.17) is 9.57 Å². The summed E-state index contributed by atoms with van der Waals surface area (Å²) in [4.78, 5) is 19.5. The van der Waals surface area contributed by atoms with Crippen LogP contribution in [0, 0.1) is 0 Å². The Balaban J connectivity index is 1.60. The molecule has 1 saturated heterocycles. The molecule has 21 heavy (non-hydrogen) atoms. The van der Waals surface area contributed by atoms with Crippen LogP contribution in [0.4, 0.5) is 4.79 Å². The number of carbonyl (C=O) groups is 1. The first-order valence-corrected chi connectivity index (χ1v) is 7.24. The predicted molar refractivity (Wildman–Crippen MR) is 79.7 cm³/mol. The van der Waals surface area contributed by atoms with Crippen LogP contribution < -0.4 is 5.32 Å². The van der Waals surface area contributed by atoms with E-state index in [0.29, 0.717) is 13.2 Å². The van der Waals surface area contributed by atoms with Crippen molar-refractivity contribution in [2.75, 3.05) is 46.4 Å². The van der Waals surface area contributed by atoms with Crippen molar-refractivity contribution >= 4 is 6.03 Å². The zero-order valence-corrected chi connectivity index (χ0v) is 12.5. The van der Waals surface area contributed by atoms with Crippen molar-refractivity contribution < 1.29 is 14.4 Å². The molecule has 1 heterocycles. The Morgan fingerprint density at radius 1 is 1.33 bits per heavy atom. The molecule has 0 saturated carbocycles. The van der Waals surface area contributed by atoms with Gasteiger partial charge in [-0.1, -0.05) is 30.3 Å². The highest BCUT2D eigenvalue weighted by Crippen LogP contribution is 2.02. The Kier molecular flexibility index (Phi) is 6.46. The molecule has 2 rings (SSSR count). The predicted octanol–water partition coefficient (Wildman–Crippen LogP) is 1.09. The van der Waals surface area contributed by atoms with Gasteiger partial charge in [-0.2, -0.15) is 0 Å². The first-order chi connectivity index (χ1) is 10.3. The van der Waals surface area contributed by atoms with Gasteiger partial charge in [0.2, 0.25) is 0 Å². The number of nitrogens with one attached hydrogen (secondary N) is 1. The van der Waals surface area contributed by atoms with Gasteiger partial charge < -0.3 is 10.1 Å². The fourth-order valence-corrected chi connectivity index (χ4v) is 2.06. The molecule has 0 atom stereocenters. The van der Waals surface area contributed by atoms with Gasteiger partial charge in [0.05, 0.1) is 13.2 Å². The third-order valence-corrected chi connectivity index (χ3v) is 3.36. The molecule has 0 bridgehead atoms. The topological polar surface area (TPSA) is 54.0 Å². The van der Waals surface area contributed by atoms with Crippen molar-refractivity contribution in [1.82, 2.24) is 15.3 Å². The summed E-state index contributed by atoms with van der Waals surface area (Å²) < 4.78 is 5.28. The standard InChI is InChI=1S/C15H23N3O3/c1-17(21-13-14-5-3-2-4-6-14)15(19)16-7-8-18-9-11-20-12-10-18/h2-6H,7-13H2,1H3,(H,16,19). The van der Waals surface area contributed by atoms with Crippen molar-refractivity contribution in [2.45, 2.75) is 6.61 Å². The smallest absolute Gasteiger partial charge is 0.341 e. The zero-order chi connectivity index (χ0) is 14.9. The van der Waals surface area contributed by atoms with E-state index in [0.717, 1.165) is 38.4 Å². The summed E-state index contributed by atoms with van der Waals surface area (Å²) in [5, 5.41) is 4.09. The van der Waals surface area contributed by atoms with Gasteiger partial charge in [0, 0.05) is 33.2 Å². The molecule has 6 heteroatoms. The van der Waals surface area contributed by atoms with Gasteiger partial charge in [-0.15, -0.1) is 0 Å². The minimum atomic E-state index is -0.223. The molecule has 0 unspecified atom stereocenters. The molecule has 6 nitrogen and oxygen atoms in total. The summed E-state index contributed by atoms with van der Waals surface area (Å²) in [6.45, 7) is 5.22. The highest BCUT2D eigenvalue weighted by molar-refractivity contribution is 5.72. The molecule has 1 aromatic carbocycles. The maximum absolute atomic E-state index is 11.9. The monoisotopic (exact) mass is 293 g/mol. The van der Waals surface area contributed by atoms with E-state index in [-0.39, 0.29) is 6.03 Å². The van der Waals surface area contributed by atoms with E-state index in [9.17, 15) is 4.79 Å². The van der Waals surface area contributed by atoms with Gasteiger partial charge in [0.25, 0.3) is 0 Å². The molecule has 1 N–H and O–H groups in total. The number of morpholine rings is 1. The summed E-state index contributed by atoms with van der Waals surface area (Å²) in [7, 11) is 1.62. The van der Waals surface area contributed by atoms with Crippen LogP contribution in [0.1, 0.15) is 5.56 Å². The second-order valence-corrected chi connectivity index (χ2v) is 4.94. The molecule has 1 aromatic rings. The van der Waals surface area contributed by atoms with Gasteiger partial charge in [0.15, 0.2) is 0 Å². The van der Waals surface area contributed by atoms with Crippen LogP contribution in [0.5, 0.6) is 0 Å². The normalized spacial score (nSPS) is 15.7. The lowest BCUT2D eigenvalue weighted by molar-refractivity contribution is -0.109. The Morgan fingerprint density at radius 2 is 2.05 bits per heavy atom. The summed E-state index contributed by atoms with van der Waals surface area (Å²) in [5.74, 6) is 0. The van der Waals surface area contributed by atoms with Crippen molar-refractivity contribution in [1.29, 1.82) is 0 Å². The number of benzene rings is 1. The highest BCUT2D eigenvalue weighted by Gasteiger charge is 2.12. The molecule has 1 fully saturated rings. The number of nitrogens with zero attached hydrogens (tertiary/aromatic N) is 2. The lowest BCUT2D eigenvalue weighted by Gasteiger charge is -2.26. The Morgan fingerprint density at radius 3 is 2.76 bits per heavy atom. The number of ether oxygens (including phenoxy) is 1. The molecule has 0 aromatic heterocycles. The Bertz CT molecular complexity index is 421.